The van der Waals surface area contributed by atoms with Crippen molar-refractivity contribution >= 4 is 16.4 Å². The summed E-state index contributed by atoms with van der Waals surface area (Å²) < 4.78 is 6.77. The van der Waals surface area contributed by atoms with Crippen molar-refractivity contribution in [2.75, 3.05) is 0 Å². The molecule has 9 rings (SSSR count). The second-order valence-electron chi connectivity index (χ2n) is 17.4. The van der Waals surface area contributed by atoms with Crippen LogP contribution in [0.1, 0.15) is 87.0 Å². The summed E-state index contributed by atoms with van der Waals surface area (Å²) in [4.78, 5) is 0. The molecule has 1 atom stereocenters. The van der Waals surface area contributed by atoms with Crippen LogP contribution in [-0.2, 0) is 20.9 Å². The monoisotopic (exact) mass is 830 g/mol. The molecule has 49 heavy (non-hydrogen) atoms. The first kappa shape index (κ1) is 34.8. The molecule has 0 spiro atoms. The molecule has 253 valence electrons. The van der Waals surface area contributed by atoms with Crippen LogP contribution >= 0.6 is 0 Å². The smallest absolute Gasteiger partial charge is 0.0184 e. The number of rotatable bonds is 7. The summed E-state index contributed by atoms with van der Waals surface area (Å²) in [6, 6.07) is 44.3. The van der Waals surface area contributed by atoms with Gasteiger partial charge in [0.2, 0.25) is 0 Å². The van der Waals surface area contributed by atoms with Gasteiger partial charge in [0.05, 0.1) is 0 Å². The molecule has 4 saturated carbocycles. The third kappa shape index (κ3) is 7.02. The molecule has 4 aromatic carbocycles. The molecule has 0 aliphatic heterocycles. The molecule has 1 unspecified atom stereocenters. The molecule has 4 bridgehead atoms. The fourth-order valence-corrected chi connectivity index (χ4v) is 45.2. The Balaban J connectivity index is 0.000000265. The summed E-state index contributed by atoms with van der Waals surface area (Å²) in [5.74, 6) is -0.826. The molecule has 1 nitrogen and oxygen atoms in total. The Morgan fingerprint density at radius 2 is 0.898 bits per heavy atom. The molecule has 0 saturated heterocycles. The molecule has 0 heterocycles. The Hall–Kier alpha value is -2.59. The SMILES string of the molecule is CC1=C(C)C(C)[C]([Hf]([NH]C23CC4(C)CC(C)(CC(C)(C4)C2)C3)[SiH](c2ccccc2)c2ccccc2)=C1C.c1ccc(-c2ccccc2)cc1. The predicted molar refractivity (Wildman–Crippen MR) is 209 cm³/mol. The maximum Gasteiger partial charge on any atom is -0.0184 e. The molecule has 4 aromatic rings. The van der Waals surface area contributed by atoms with E-state index in [1.54, 1.807) is 27.1 Å². The van der Waals surface area contributed by atoms with E-state index in [1.807, 2.05) is 15.5 Å². The van der Waals surface area contributed by atoms with Gasteiger partial charge in [-0.1, -0.05) is 60.7 Å². The van der Waals surface area contributed by atoms with Crippen LogP contribution < -0.4 is 13.7 Å². The summed E-state index contributed by atoms with van der Waals surface area (Å²) in [6.45, 7) is 17.7. The fraction of sp³-hybridized carbons (Fsp3) is 0.391. The summed E-state index contributed by atoms with van der Waals surface area (Å²) in [5, 5.41) is 3.32. The zero-order chi connectivity index (χ0) is 34.4. The quantitative estimate of drug-likeness (QED) is 0.183. The zero-order valence-electron chi connectivity index (χ0n) is 30.9. The van der Waals surface area contributed by atoms with Crippen LogP contribution in [0.3, 0.4) is 0 Å². The van der Waals surface area contributed by atoms with E-state index in [9.17, 15) is 0 Å². The summed E-state index contributed by atoms with van der Waals surface area (Å²) in [5.41, 5.74) is 9.27. The molecule has 3 heteroatoms. The van der Waals surface area contributed by atoms with Gasteiger partial charge in [0, 0.05) is 0 Å². The Kier molecular flexibility index (Phi) is 9.61. The molecule has 0 radical (unpaired) electrons. The van der Waals surface area contributed by atoms with Crippen LogP contribution in [0.25, 0.3) is 11.1 Å². The Morgan fingerprint density at radius 1 is 0.531 bits per heavy atom. The largest absolute Gasteiger partial charge is 0.0622 e. The van der Waals surface area contributed by atoms with Crippen LogP contribution in [0.5, 0.6) is 0 Å². The van der Waals surface area contributed by atoms with Crippen molar-refractivity contribution in [3.05, 3.63) is 141 Å². The van der Waals surface area contributed by atoms with Crippen molar-refractivity contribution in [2.24, 2.45) is 22.2 Å². The number of allylic oxidation sites excluding steroid dienone is 4. The maximum atomic E-state index is 4.87. The van der Waals surface area contributed by atoms with Gasteiger partial charge >= 0.3 is 236 Å². The molecular weight excluding hydrogens is 773 g/mol. The van der Waals surface area contributed by atoms with Gasteiger partial charge in [0.15, 0.2) is 0 Å². The van der Waals surface area contributed by atoms with E-state index in [0.717, 1.165) is 0 Å². The first-order valence-corrected chi connectivity index (χ1v) is 30.2. The van der Waals surface area contributed by atoms with Gasteiger partial charge < -0.3 is 0 Å². The van der Waals surface area contributed by atoms with Crippen molar-refractivity contribution in [3.8, 4) is 11.1 Å². The topological polar surface area (TPSA) is 12.0 Å². The van der Waals surface area contributed by atoms with Crippen LogP contribution in [-0.4, -0.2) is 11.5 Å². The third-order valence-electron chi connectivity index (χ3n) is 12.6. The van der Waals surface area contributed by atoms with Gasteiger partial charge in [-0.15, -0.1) is 0 Å². The molecule has 0 amide bonds. The minimum Gasteiger partial charge on any atom is -0.0622 e. The van der Waals surface area contributed by atoms with E-state index >= 15 is 0 Å². The number of nitrogens with one attached hydrogen (secondary N) is 1. The molecule has 5 aliphatic rings. The van der Waals surface area contributed by atoms with Crippen molar-refractivity contribution in [1.82, 2.24) is 3.30 Å². The maximum absolute atomic E-state index is 4.87. The van der Waals surface area contributed by atoms with Gasteiger partial charge in [-0.3, -0.25) is 0 Å². The Bertz CT molecular complexity index is 1700. The standard InChI is InChI=1S/C13H22N.C12H11Si.C12H10.C9H13.Hf/c1-10-4-11(2)6-12(3,5-10)9-13(14,7-10)8-11;1-3-7-11(8-4-1)13-12-9-5-2-6-10-12;1-3-7-11(8-4-1)12-9-5-2-6-10-12;1-6-5-7(2)9(4)8(6)3;/h14H,4-9H2,1-3H3;1-10,13H;1-10H;6H,1-4H3;/q-1;;;;+1. The normalized spacial score (nSPS) is 30.1. The van der Waals surface area contributed by atoms with E-state index in [2.05, 4.69) is 158 Å². The second-order valence-corrected chi connectivity index (χ2v) is 36.3. The minimum atomic E-state index is -2.63. The van der Waals surface area contributed by atoms with Crippen molar-refractivity contribution in [3.63, 3.8) is 0 Å². The Morgan fingerprint density at radius 3 is 1.24 bits per heavy atom. The molecule has 5 aliphatic carbocycles. The average Bonchev–Trinajstić information content (AvgIpc) is 3.26. The first-order chi connectivity index (χ1) is 23.4. The first-order valence-electron chi connectivity index (χ1n) is 18.7. The van der Waals surface area contributed by atoms with Gasteiger partial charge in [0.1, 0.15) is 0 Å². The van der Waals surface area contributed by atoms with Crippen molar-refractivity contribution in [2.45, 2.75) is 92.5 Å². The summed E-state index contributed by atoms with van der Waals surface area (Å²) >= 11 is -2.63. The molecule has 0 aromatic heterocycles. The van der Waals surface area contributed by atoms with Crippen LogP contribution in [0.4, 0.5) is 0 Å². The van der Waals surface area contributed by atoms with Crippen molar-refractivity contribution < 1.29 is 20.9 Å². The zero-order valence-corrected chi connectivity index (χ0v) is 35.7. The van der Waals surface area contributed by atoms with Gasteiger partial charge in [0.25, 0.3) is 0 Å². The third-order valence-corrected chi connectivity index (χ3v) is 40.3. The van der Waals surface area contributed by atoms with Crippen LogP contribution in [0.15, 0.2) is 141 Å². The number of hydrogen-bond acceptors (Lipinski definition) is 1. The van der Waals surface area contributed by atoms with Crippen molar-refractivity contribution in [1.29, 1.82) is 0 Å². The number of hydrogen-bond donors (Lipinski definition) is 1. The molecule has 4 fully saturated rings. The molecule has 1 N–H and O–H groups in total. The second kappa shape index (κ2) is 13.5. The van der Waals surface area contributed by atoms with E-state index < -0.39 is 26.9 Å². The number of benzene rings is 4. The van der Waals surface area contributed by atoms with E-state index in [4.69, 9.17) is 3.30 Å². The van der Waals surface area contributed by atoms with E-state index in [-0.39, 0.29) is 0 Å². The summed E-state index contributed by atoms with van der Waals surface area (Å²) in [7, 11) is 0. The van der Waals surface area contributed by atoms with Gasteiger partial charge in [-0.05, 0) is 11.1 Å². The predicted octanol–water partition coefficient (Wildman–Crippen LogP) is 10.4. The van der Waals surface area contributed by atoms with Gasteiger partial charge in [-0.25, -0.2) is 0 Å². The minimum absolute atomic E-state index is 0.335. The Labute approximate surface area is 305 Å². The summed E-state index contributed by atoms with van der Waals surface area (Å²) in [6.07, 6.45) is 8.52. The molecular formula is C46H56HfNSi. The van der Waals surface area contributed by atoms with Crippen LogP contribution in [0, 0.1) is 22.2 Å². The fourth-order valence-electron chi connectivity index (χ4n) is 11.9. The van der Waals surface area contributed by atoms with Crippen LogP contribution in [0.2, 0.25) is 0 Å². The van der Waals surface area contributed by atoms with E-state index in [0.29, 0.717) is 27.7 Å². The average molecular weight is 830 g/mol. The van der Waals surface area contributed by atoms with Gasteiger partial charge in [-0.2, -0.15) is 0 Å². The van der Waals surface area contributed by atoms with E-state index in [1.165, 1.54) is 49.7 Å².